The molecule has 0 aromatic carbocycles. The third-order valence-electron chi connectivity index (χ3n) is 1.84. The molecule has 114 valence electrons. The zero-order valence-electron chi connectivity index (χ0n) is 11.6. The molecule has 0 aliphatic heterocycles. The third-order valence-corrected chi connectivity index (χ3v) is 1.84. The Balaban J connectivity index is 4.17. The highest BCUT2D eigenvalue weighted by Gasteiger charge is 2.22. The van der Waals surface area contributed by atoms with Crippen molar-refractivity contribution in [3.63, 3.8) is 0 Å². The van der Waals surface area contributed by atoms with Gasteiger partial charge in [-0.15, -0.1) is 0 Å². The molecule has 0 aliphatic rings. The van der Waals surface area contributed by atoms with Crippen LogP contribution in [0.25, 0.3) is 0 Å². The van der Waals surface area contributed by atoms with Gasteiger partial charge in [-0.3, -0.25) is 19.6 Å². The Hall–Kier alpha value is -2.16. The van der Waals surface area contributed by atoms with Crippen molar-refractivity contribution in [2.75, 3.05) is 6.54 Å². The van der Waals surface area contributed by atoms with Crippen LogP contribution < -0.4 is 11.1 Å². The molecule has 0 atom stereocenters. The van der Waals surface area contributed by atoms with Crippen LogP contribution in [0.5, 0.6) is 0 Å². The van der Waals surface area contributed by atoms with Crippen LogP contribution >= 0.6 is 0 Å². The number of carbonyl (C=O) groups is 4. The van der Waals surface area contributed by atoms with Gasteiger partial charge >= 0.3 is 6.09 Å². The lowest BCUT2D eigenvalue weighted by Crippen LogP contribution is -2.43. The normalized spacial score (nSPS) is 10.6. The average Bonchev–Trinajstić information content (AvgIpc) is 2.29. The molecule has 20 heavy (non-hydrogen) atoms. The van der Waals surface area contributed by atoms with Gasteiger partial charge in [-0.25, -0.2) is 4.79 Å². The van der Waals surface area contributed by atoms with Gasteiger partial charge in [0.2, 0.25) is 5.91 Å². The van der Waals surface area contributed by atoms with E-state index in [1.165, 1.54) is 0 Å². The van der Waals surface area contributed by atoms with Gasteiger partial charge in [0.15, 0.2) is 0 Å². The van der Waals surface area contributed by atoms with Crippen molar-refractivity contribution in [1.29, 1.82) is 0 Å². The van der Waals surface area contributed by atoms with Crippen LogP contribution in [0, 0.1) is 0 Å². The van der Waals surface area contributed by atoms with Crippen molar-refractivity contribution in [3.8, 4) is 0 Å². The maximum absolute atomic E-state index is 11.4. The zero-order chi connectivity index (χ0) is 15.9. The van der Waals surface area contributed by atoms with Gasteiger partial charge in [0.05, 0.1) is 0 Å². The molecule has 0 radical (unpaired) electrons. The molecule has 9 heteroatoms. The van der Waals surface area contributed by atoms with Crippen molar-refractivity contribution in [2.24, 2.45) is 5.73 Å². The van der Waals surface area contributed by atoms with Gasteiger partial charge in [0.1, 0.15) is 12.1 Å². The SMILES string of the molecule is CC(C)(C)OC(=O)NCC(=O)N(O)C(=O)CCC(N)=O. The number of imide groups is 1. The Morgan fingerprint density at radius 2 is 1.70 bits per heavy atom. The number of carbonyl (C=O) groups excluding carboxylic acids is 4. The fourth-order valence-corrected chi connectivity index (χ4v) is 1.01. The molecule has 0 saturated heterocycles. The van der Waals surface area contributed by atoms with E-state index in [1.54, 1.807) is 20.8 Å². The van der Waals surface area contributed by atoms with Crippen LogP contribution in [0.4, 0.5) is 4.79 Å². The zero-order valence-corrected chi connectivity index (χ0v) is 11.6. The maximum atomic E-state index is 11.4. The topological polar surface area (TPSA) is 139 Å². The fourth-order valence-electron chi connectivity index (χ4n) is 1.01. The van der Waals surface area contributed by atoms with Crippen LogP contribution in [0.2, 0.25) is 0 Å². The molecule has 9 nitrogen and oxygen atoms in total. The van der Waals surface area contributed by atoms with E-state index in [1.807, 2.05) is 0 Å². The lowest BCUT2D eigenvalue weighted by molar-refractivity contribution is -0.178. The van der Waals surface area contributed by atoms with Gasteiger partial charge in [-0.1, -0.05) is 0 Å². The van der Waals surface area contributed by atoms with E-state index in [-0.39, 0.29) is 11.5 Å². The van der Waals surface area contributed by atoms with E-state index in [0.717, 1.165) is 0 Å². The van der Waals surface area contributed by atoms with Crippen molar-refractivity contribution in [1.82, 2.24) is 10.4 Å². The first-order valence-electron chi connectivity index (χ1n) is 5.82. The van der Waals surface area contributed by atoms with Crippen molar-refractivity contribution in [3.05, 3.63) is 0 Å². The summed E-state index contributed by atoms with van der Waals surface area (Å²) in [6, 6.07) is 0. The van der Waals surface area contributed by atoms with Crippen LogP contribution in [-0.4, -0.2) is 46.2 Å². The van der Waals surface area contributed by atoms with Crippen molar-refractivity contribution < 1.29 is 29.1 Å². The predicted molar refractivity (Wildman–Crippen MR) is 66.3 cm³/mol. The fraction of sp³-hybridized carbons (Fsp3) is 0.636. The number of hydroxylamine groups is 2. The Morgan fingerprint density at radius 3 is 2.15 bits per heavy atom. The second kappa shape index (κ2) is 7.43. The number of ether oxygens (including phenoxy) is 1. The highest BCUT2D eigenvalue weighted by Crippen LogP contribution is 2.06. The molecular weight excluding hydrogens is 270 g/mol. The quantitative estimate of drug-likeness (QED) is 0.461. The van der Waals surface area contributed by atoms with E-state index >= 15 is 0 Å². The molecule has 0 bridgehead atoms. The second-order valence-corrected chi connectivity index (χ2v) is 4.92. The molecule has 4 N–H and O–H groups in total. The number of nitrogens with one attached hydrogen (secondary N) is 1. The van der Waals surface area contributed by atoms with Gasteiger partial charge in [0.25, 0.3) is 11.8 Å². The number of amides is 4. The largest absolute Gasteiger partial charge is 0.444 e. The predicted octanol–water partition coefficient (Wildman–Crippen LogP) is -0.479. The standard InChI is InChI=1S/C11H19N3O6/c1-11(2,3)20-10(18)13-6-9(17)14(19)8(16)5-4-7(12)15/h19H,4-6H2,1-3H3,(H2,12,15)(H,13,18). The van der Waals surface area contributed by atoms with Crippen LogP contribution in [0.15, 0.2) is 0 Å². The summed E-state index contributed by atoms with van der Waals surface area (Å²) in [5, 5.41) is 11.2. The number of hydrogen-bond donors (Lipinski definition) is 3. The lowest BCUT2D eigenvalue weighted by atomic mass is 10.2. The first-order valence-corrected chi connectivity index (χ1v) is 5.82. The minimum absolute atomic E-state index is 0.166. The average molecular weight is 289 g/mol. The Kier molecular flexibility index (Phi) is 6.63. The molecule has 0 saturated carbocycles. The van der Waals surface area contributed by atoms with E-state index in [2.05, 4.69) is 5.32 Å². The minimum atomic E-state index is -1.05. The maximum Gasteiger partial charge on any atom is 0.408 e. The van der Waals surface area contributed by atoms with Crippen LogP contribution in [0.3, 0.4) is 0 Å². The molecular formula is C11H19N3O6. The molecule has 4 amide bonds. The number of nitrogens with two attached hydrogens (primary N) is 1. The summed E-state index contributed by atoms with van der Waals surface area (Å²) < 4.78 is 4.86. The van der Waals surface area contributed by atoms with Crippen molar-refractivity contribution >= 4 is 23.8 Å². The van der Waals surface area contributed by atoms with Gasteiger partial charge in [0, 0.05) is 12.8 Å². The summed E-state index contributed by atoms with van der Waals surface area (Å²) in [5.41, 5.74) is 4.09. The summed E-state index contributed by atoms with van der Waals surface area (Å²) >= 11 is 0. The van der Waals surface area contributed by atoms with Gasteiger partial charge < -0.3 is 15.8 Å². The van der Waals surface area contributed by atoms with E-state index in [4.69, 9.17) is 10.5 Å². The Labute approximate surface area is 116 Å². The molecule has 0 rings (SSSR count). The number of alkyl carbamates (subject to hydrolysis) is 1. The first kappa shape index (κ1) is 17.8. The molecule has 0 aromatic rings. The van der Waals surface area contributed by atoms with Gasteiger partial charge in [-0.2, -0.15) is 5.06 Å². The molecule has 0 fully saturated rings. The van der Waals surface area contributed by atoms with Gasteiger partial charge in [-0.05, 0) is 20.8 Å². The van der Waals surface area contributed by atoms with Crippen LogP contribution in [0.1, 0.15) is 33.6 Å². The second-order valence-electron chi connectivity index (χ2n) is 4.92. The molecule has 0 unspecified atom stereocenters. The minimum Gasteiger partial charge on any atom is -0.444 e. The van der Waals surface area contributed by atoms with E-state index in [0.29, 0.717) is 0 Å². The smallest absolute Gasteiger partial charge is 0.408 e. The lowest BCUT2D eigenvalue weighted by Gasteiger charge is -2.20. The third kappa shape index (κ3) is 8.03. The number of rotatable bonds is 5. The first-order chi connectivity index (χ1) is 9.03. The summed E-state index contributed by atoms with van der Waals surface area (Å²) in [5.74, 6) is -2.77. The summed E-state index contributed by atoms with van der Waals surface area (Å²) in [6.45, 7) is 4.30. The highest BCUT2D eigenvalue weighted by molar-refractivity contribution is 5.96. The number of primary amides is 1. The van der Waals surface area contributed by atoms with Crippen LogP contribution in [-0.2, 0) is 19.1 Å². The monoisotopic (exact) mass is 289 g/mol. The molecule has 0 spiro atoms. The number of hydrogen-bond acceptors (Lipinski definition) is 6. The Bertz CT molecular complexity index is 401. The molecule has 0 aliphatic carbocycles. The van der Waals surface area contributed by atoms with Crippen molar-refractivity contribution in [2.45, 2.75) is 39.2 Å². The van der Waals surface area contributed by atoms with E-state index in [9.17, 15) is 24.4 Å². The molecule has 0 heterocycles. The summed E-state index contributed by atoms with van der Waals surface area (Å²) in [4.78, 5) is 44.3. The molecule has 0 aromatic heterocycles. The highest BCUT2D eigenvalue weighted by atomic mass is 16.6. The summed E-state index contributed by atoms with van der Waals surface area (Å²) in [7, 11) is 0. The number of nitrogens with zero attached hydrogens (tertiary/aromatic N) is 1. The Morgan fingerprint density at radius 1 is 1.15 bits per heavy atom. The summed E-state index contributed by atoms with van der Waals surface area (Å²) in [6.07, 6.45) is -1.55. The van der Waals surface area contributed by atoms with E-state index < -0.39 is 42.4 Å².